The van der Waals surface area contributed by atoms with Gasteiger partial charge in [0.15, 0.2) is 6.61 Å². The average Bonchev–Trinajstić information content (AvgIpc) is 2.44. The summed E-state index contributed by atoms with van der Waals surface area (Å²) in [7, 11) is 0. The van der Waals surface area contributed by atoms with Crippen LogP contribution >= 0.6 is 0 Å². The van der Waals surface area contributed by atoms with Gasteiger partial charge in [-0.05, 0) is 12.5 Å². The highest BCUT2D eigenvalue weighted by molar-refractivity contribution is 5.92. The Morgan fingerprint density at radius 1 is 1.52 bits per heavy atom. The fraction of sp³-hybridized carbons (Fsp3) is 0.462. The number of hydrogen-bond acceptors (Lipinski definition) is 4. The molecule has 8 heteroatoms. The third kappa shape index (κ3) is 6.12. The summed E-state index contributed by atoms with van der Waals surface area (Å²) in [5, 5.41) is 11.3. The van der Waals surface area contributed by atoms with Gasteiger partial charge >= 0.3 is 6.18 Å². The van der Waals surface area contributed by atoms with Gasteiger partial charge in [0.2, 0.25) is 5.88 Å². The van der Waals surface area contributed by atoms with Crippen molar-refractivity contribution in [3.63, 3.8) is 0 Å². The number of aromatic nitrogens is 1. The minimum absolute atomic E-state index is 0.106. The zero-order chi connectivity index (χ0) is 15.9. The number of nitriles is 1. The van der Waals surface area contributed by atoms with Crippen LogP contribution in [0.3, 0.4) is 0 Å². The molecular weight excluding hydrogens is 287 g/mol. The van der Waals surface area contributed by atoms with Crippen molar-refractivity contribution in [1.82, 2.24) is 10.3 Å². The Bertz CT molecular complexity index is 526. The van der Waals surface area contributed by atoms with Crippen molar-refractivity contribution in [3.8, 4) is 11.9 Å². The summed E-state index contributed by atoms with van der Waals surface area (Å²) in [5.41, 5.74) is -0.106. The number of halogens is 3. The molecule has 1 aromatic rings. The van der Waals surface area contributed by atoms with E-state index in [1.807, 2.05) is 13.0 Å². The molecule has 0 aliphatic carbocycles. The normalized spacial score (nSPS) is 12.3. The Hall–Kier alpha value is -2.30. The van der Waals surface area contributed by atoms with E-state index in [2.05, 4.69) is 15.0 Å². The molecule has 0 spiro atoms. The molecule has 0 saturated carbocycles. The third-order valence-corrected chi connectivity index (χ3v) is 2.38. The van der Waals surface area contributed by atoms with E-state index in [-0.39, 0.29) is 11.6 Å². The van der Waals surface area contributed by atoms with E-state index in [1.54, 1.807) is 0 Å². The fourth-order valence-corrected chi connectivity index (χ4v) is 1.47. The summed E-state index contributed by atoms with van der Waals surface area (Å²) in [4.78, 5) is 15.5. The Kier molecular flexibility index (Phi) is 5.96. The molecule has 0 fully saturated rings. The highest BCUT2D eigenvalue weighted by Crippen LogP contribution is 2.17. The minimum atomic E-state index is -4.48. The van der Waals surface area contributed by atoms with Gasteiger partial charge in [-0.3, -0.25) is 4.79 Å². The number of pyridine rings is 1. The second-order valence-electron chi connectivity index (χ2n) is 4.21. The molecule has 0 aliphatic heterocycles. The van der Waals surface area contributed by atoms with Crippen molar-refractivity contribution >= 4 is 5.91 Å². The van der Waals surface area contributed by atoms with Crippen LogP contribution in [-0.4, -0.2) is 29.7 Å². The van der Waals surface area contributed by atoms with Gasteiger partial charge in [0.25, 0.3) is 5.91 Å². The van der Waals surface area contributed by atoms with E-state index in [9.17, 15) is 18.0 Å². The zero-order valence-electron chi connectivity index (χ0n) is 11.3. The van der Waals surface area contributed by atoms with Crippen LogP contribution in [0.1, 0.15) is 30.3 Å². The Labute approximate surface area is 119 Å². The van der Waals surface area contributed by atoms with Crippen LogP contribution in [-0.2, 0) is 0 Å². The number of amides is 1. The van der Waals surface area contributed by atoms with Gasteiger partial charge in [-0.25, -0.2) is 4.98 Å². The van der Waals surface area contributed by atoms with Gasteiger partial charge in [0.05, 0.1) is 6.07 Å². The molecule has 5 nitrogen and oxygen atoms in total. The van der Waals surface area contributed by atoms with Crippen molar-refractivity contribution in [2.75, 3.05) is 6.61 Å². The standard InChI is InChI=1S/C13H14F3N3O2/c1-2-4-9(7-17)18-12(20)10-5-3-6-11(19-10)21-8-13(14,15)16/h3,5-6,9H,2,4,8H2,1H3,(H,18,20)/t9-/m1/s1. The van der Waals surface area contributed by atoms with Crippen LogP contribution in [0, 0.1) is 11.3 Å². The van der Waals surface area contributed by atoms with Crippen LogP contribution in [0.4, 0.5) is 13.2 Å². The van der Waals surface area contributed by atoms with E-state index in [1.165, 1.54) is 18.2 Å². The van der Waals surface area contributed by atoms with Crippen molar-refractivity contribution in [3.05, 3.63) is 23.9 Å². The van der Waals surface area contributed by atoms with Crippen LogP contribution in [0.25, 0.3) is 0 Å². The molecule has 0 radical (unpaired) electrons. The number of carbonyl (C=O) groups excluding carboxylic acids is 1. The summed E-state index contributed by atoms with van der Waals surface area (Å²) >= 11 is 0. The highest BCUT2D eigenvalue weighted by Gasteiger charge is 2.28. The number of carbonyl (C=O) groups is 1. The molecular formula is C13H14F3N3O2. The highest BCUT2D eigenvalue weighted by atomic mass is 19.4. The fourth-order valence-electron chi connectivity index (χ4n) is 1.47. The topological polar surface area (TPSA) is 75.0 Å². The molecule has 0 aromatic carbocycles. The minimum Gasteiger partial charge on any atom is -0.468 e. The zero-order valence-corrected chi connectivity index (χ0v) is 11.3. The lowest BCUT2D eigenvalue weighted by molar-refractivity contribution is -0.154. The number of hydrogen-bond donors (Lipinski definition) is 1. The summed E-state index contributed by atoms with van der Waals surface area (Å²) in [6, 6.07) is 5.16. The van der Waals surface area contributed by atoms with Gasteiger partial charge < -0.3 is 10.1 Å². The first kappa shape index (κ1) is 16.8. The van der Waals surface area contributed by atoms with E-state index in [4.69, 9.17) is 5.26 Å². The quantitative estimate of drug-likeness (QED) is 0.875. The largest absolute Gasteiger partial charge is 0.468 e. The van der Waals surface area contributed by atoms with Gasteiger partial charge in [-0.15, -0.1) is 0 Å². The van der Waals surface area contributed by atoms with Crippen molar-refractivity contribution in [2.24, 2.45) is 0 Å². The first-order valence-electron chi connectivity index (χ1n) is 6.22. The van der Waals surface area contributed by atoms with Gasteiger partial charge in [-0.1, -0.05) is 19.4 Å². The molecule has 1 N–H and O–H groups in total. The van der Waals surface area contributed by atoms with Crippen molar-refractivity contribution in [2.45, 2.75) is 32.0 Å². The lowest BCUT2D eigenvalue weighted by atomic mass is 10.2. The van der Waals surface area contributed by atoms with E-state index < -0.39 is 24.7 Å². The smallest absolute Gasteiger partial charge is 0.422 e. The molecule has 0 bridgehead atoms. The van der Waals surface area contributed by atoms with Gasteiger partial charge in [-0.2, -0.15) is 18.4 Å². The molecule has 0 saturated heterocycles. The Morgan fingerprint density at radius 2 is 2.24 bits per heavy atom. The molecule has 114 valence electrons. The number of rotatable bonds is 6. The number of ether oxygens (including phenoxy) is 1. The van der Waals surface area contributed by atoms with E-state index in [0.29, 0.717) is 12.8 Å². The van der Waals surface area contributed by atoms with Crippen LogP contribution in [0.5, 0.6) is 5.88 Å². The van der Waals surface area contributed by atoms with Gasteiger partial charge in [0, 0.05) is 6.07 Å². The summed E-state index contributed by atoms with van der Waals surface area (Å²) in [6.07, 6.45) is -3.29. The monoisotopic (exact) mass is 301 g/mol. The average molecular weight is 301 g/mol. The lowest BCUT2D eigenvalue weighted by Gasteiger charge is -2.11. The molecule has 0 aliphatic rings. The Morgan fingerprint density at radius 3 is 2.81 bits per heavy atom. The predicted molar refractivity (Wildman–Crippen MR) is 67.6 cm³/mol. The number of alkyl halides is 3. The second-order valence-corrected chi connectivity index (χ2v) is 4.21. The maximum absolute atomic E-state index is 12.0. The van der Waals surface area contributed by atoms with Crippen LogP contribution in [0.2, 0.25) is 0 Å². The molecule has 0 unspecified atom stereocenters. The van der Waals surface area contributed by atoms with E-state index >= 15 is 0 Å². The number of nitrogens with zero attached hydrogens (tertiary/aromatic N) is 2. The van der Waals surface area contributed by atoms with Crippen molar-refractivity contribution in [1.29, 1.82) is 5.26 Å². The van der Waals surface area contributed by atoms with Crippen molar-refractivity contribution < 1.29 is 22.7 Å². The predicted octanol–water partition coefficient (Wildman–Crippen LogP) is 2.44. The number of nitrogens with one attached hydrogen (secondary N) is 1. The van der Waals surface area contributed by atoms with E-state index in [0.717, 1.165) is 0 Å². The third-order valence-electron chi connectivity index (χ3n) is 2.38. The molecule has 1 heterocycles. The lowest BCUT2D eigenvalue weighted by Crippen LogP contribution is -2.34. The summed E-state index contributed by atoms with van der Waals surface area (Å²) < 4.78 is 40.6. The second kappa shape index (κ2) is 7.47. The molecule has 1 amide bonds. The molecule has 1 atom stereocenters. The first-order chi connectivity index (χ1) is 9.85. The Balaban J connectivity index is 2.71. The molecule has 1 aromatic heterocycles. The SMILES string of the molecule is CCC[C@H](C#N)NC(=O)c1cccc(OCC(F)(F)F)n1. The molecule has 21 heavy (non-hydrogen) atoms. The molecule has 1 rings (SSSR count). The summed E-state index contributed by atoms with van der Waals surface area (Å²) in [5.74, 6) is -0.934. The summed E-state index contributed by atoms with van der Waals surface area (Å²) in [6.45, 7) is 0.377. The maximum Gasteiger partial charge on any atom is 0.422 e. The maximum atomic E-state index is 12.0. The van der Waals surface area contributed by atoms with Crippen LogP contribution < -0.4 is 10.1 Å². The van der Waals surface area contributed by atoms with Gasteiger partial charge in [0.1, 0.15) is 11.7 Å². The van der Waals surface area contributed by atoms with Crippen LogP contribution in [0.15, 0.2) is 18.2 Å². The first-order valence-corrected chi connectivity index (χ1v) is 6.22.